The average Bonchev–Trinajstić information content (AvgIpc) is 3.04. The molecule has 2 atom stereocenters. The topological polar surface area (TPSA) is 107 Å². The van der Waals surface area contributed by atoms with E-state index in [0.29, 0.717) is 0 Å². The van der Waals surface area contributed by atoms with Crippen molar-refractivity contribution >= 4 is 29.2 Å². The minimum atomic E-state index is -4.79. The molecule has 3 rings (SSSR count). The standard InChI is InChI=1S/C16H13ClF6N6O2/c1-15(3-9(16(21,22)23)31-14(24)27-15)7-2-6(4-25-11(7)18)26-12(30)10-8(17)5-29(28-10)13(19)20/h2,4-5,9,13H,3H2,1H3,(H2,24,27)(H,26,30)/t9?,15-/m0/s1. The first kappa shape index (κ1) is 22.7. The minimum absolute atomic E-state index is 0.156. The van der Waals surface area contributed by atoms with Crippen LogP contribution in [0.4, 0.5) is 32.0 Å². The zero-order valence-corrected chi connectivity index (χ0v) is 16.2. The predicted octanol–water partition coefficient (Wildman–Crippen LogP) is 3.60. The van der Waals surface area contributed by atoms with Crippen LogP contribution in [0.5, 0.6) is 0 Å². The second kappa shape index (κ2) is 7.90. The van der Waals surface area contributed by atoms with Crippen molar-refractivity contribution in [3.63, 3.8) is 0 Å². The lowest BCUT2D eigenvalue weighted by Crippen LogP contribution is -2.46. The molecule has 0 fully saturated rings. The second-order valence-corrected chi connectivity index (χ2v) is 7.08. The number of aliphatic imine (C=N–C) groups is 1. The molecule has 2 aromatic heterocycles. The molecule has 168 valence electrons. The van der Waals surface area contributed by atoms with Crippen molar-refractivity contribution in [2.45, 2.75) is 37.7 Å². The van der Waals surface area contributed by atoms with Gasteiger partial charge in [0.2, 0.25) is 5.95 Å². The third kappa shape index (κ3) is 4.68. The van der Waals surface area contributed by atoms with E-state index in [4.69, 9.17) is 17.3 Å². The van der Waals surface area contributed by atoms with Crippen molar-refractivity contribution < 1.29 is 35.9 Å². The smallest absolute Gasteiger partial charge is 0.425 e. The van der Waals surface area contributed by atoms with Gasteiger partial charge >= 0.3 is 12.7 Å². The van der Waals surface area contributed by atoms with Crippen LogP contribution >= 0.6 is 11.6 Å². The summed E-state index contributed by atoms with van der Waals surface area (Å²) in [7, 11) is 0. The Bertz CT molecular complexity index is 1040. The largest absolute Gasteiger partial charge is 0.452 e. The molecule has 8 nitrogen and oxygen atoms in total. The number of amides is 1. The highest BCUT2D eigenvalue weighted by molar-refractivity contribution is 6.34. The van der Waals surface area contributed by atoms with E-state index in [9.17, 15) is 31.1 Å². The summed E-state index contributed by atoms with van der Waals surface area (Å²) >= 11 is 5.72. The number of nitrogens with two attached hydrogens (primary N) is 1. The van der Waals surface area contributed by atoms with Gasteiger partial charge in [0.05, 0.1) is 28.6 Å². The first-order valence-corrected chi connectivity index (χ1v) is 8.77. The normalized spacial score (nSPS) is 21.6. The van der Waals surface area contributed by atoms with Gasteiger partial charge in [-0.3, -0.25) is 4.79 Å². The number of rotatable bonds is 4. The van der Waals surface area contributed by atoms with Crippen LogP contribution in [-0.2, 0) is 10.3 Å². The lowest BCUT2D eigenvalue weighted by Gasteiger charge is -2.35. The number of halogens is 7. The number of nitrogens with one attached hydrogen (secondary N) is 1. The van der Waals surface area contributed by atoms with Crippen LogP contribution in [0, 0.1) is 5.95 Å². The van der Waals surface area contributed by atoms with Gasteiger partial charge in [0.1, 0.15) is 0 Å². The van der Waals surface area contributed by atoms with Crippen molar-refractivity contribution in [2.24, 2.45) is 10.7 Å². The number of carbonyl (C=O) groups is 1. The minimum Gasteiger partial charge on any atom is -0.452 e. The van der Waals surface area contributed by atoms with E-state index in [1.165, 1.54) is 6.92 Å². The number of hydrogen-bond donors (Lipinski definition) is 2. The van der Waals surface area contributed by atoms with E-state index < -0.39 is 59.9 Å². The summed E-state index contributed by atoms with van der Waals surface area (Å²) in [5.74, 6) is -2.18. The van der Waals surface area contributed by atoms with Crippen molar-refractivity contribution in [3.8, 4) is 0 Å². The maximum atomic E-state index is 14.4. The Morgan fingerprint density at radius 1 is 1.45 bits per heavy atom. The number of carbonyl (C=O) groups excluding carboxylic acids is 1. The summed E-state index contributed by atoms with van der Waals surface area (Å²) in [6.07, 6.45) is -6.35. The molecule has 0 aromatic carbocycles. The van der Waals surface area contributed by atoms with Gasteiger partial charge in [0, 0.05) is 12.0 Å². The molecule has 1 aliphatic rings. The number of aromatic nitrogens is 3. The van der Waals surface area contributed by atoms with Crippen molar-refractivity contribution in [3.05, 3.63) is 40.7 Å². The Hall–Kier alpha value is -3.03. The first-order chi connectivity index (χ1) is 14.3. The van der Waals surface area contributed by atoms with Crippen molar-refractivity contribution in [1.29, 1.82) is 0 Å². The highest BCUT2D eigenvalue weighted by atomic mass is 35.5. The molecular formula is C16H13ClF6N6O2. The summed E-state index contributed by atoms with van der Waals surface area (Å²) in [6.45, 7) is -1.86. The number of hydrogen-bond acceptors (Lipinski definition) is 6. The third-order valence-corrected chi connectivity index (χ3v) is 4.62. The fourth-order valence-corrected chi connectivity index (χ4v) is 3.15. The Morgan fingerprint density at radius 3 is 2.71 bits per heavy atom. The number of anilines is 1. The van der Waals surface area contributed by atoms with Gasteiger partial charge in [-0.05, 0) is 13.0 Å². The molecule has 0 bridgehead atoms. The molecule has 2 aromatic rings. The maximum absolute atomic E-state index is 14.4. The van der Waals surface area contributed by atoms with Crippen LogP contribution in [0.25, 0.3) is 0 Å². The van der Waals surface area contributed by atoms with E-state index in [-0.39, 0.29) is 15.4 Å². The lowest BCUT2D eigenvalue weighted by atomic mass is 9.86. The summed E-state index contributed by atoms with van der Waals surface area (Å²) in [6, 6.07) is 0.197. The van der Waals surface area contributed by atoms with Gasteiger partial charge in [0.25, 0.3) is 11.9 Å². The van der Waals surface area contributed by atoms with Crippen LogP contribution in [-0.4, -0.2) is 39.0 Å². The van der Waals surface area contributed by atoms with Crippen LogP contribution in [0.3, 0.4) is 0 Å². The molecular weight excluding hydrogens is 458 g/mol. The monoisotopic (exact) mass is 470 g/mol. The number of pyridine rings is 1. The number of nitrogens with zero attached hydrogens (tertiary/aromatic N) is 4. The molecule has 0 aliphatic carbocycles. The zero-order chi connectivity index (χ0) is 23.1. The maximum Gasteiger partial charge on any atom is 0.425 e. The quantitative estimate of drug-likeness (QED) is 0.524. The van der Waals surface area contributed by atoms with Crippen LogP contribution in [0.2, 0.25) is 5.02 Å². The van der Waals surface area contributed by atoms with Crippen LogP contribution in [0.1, 0.15) is 35.9 Å². The van der Waals surface area contributed by atoms with Gasteiger partial charge < -0.3 is 15.8 Å². The number of ether oxygens (including phenoxy) is 1. The Morgan fingerprint density at radius 2 is 2.13 bits per heavy atom. The molecule has 0 saturated heterocycles. The van der Waals surface area contributed by atoms with Gasteiger partial charge in [-0.15, -0.1) is 0 Å². The number of alkyl halides is 5. The fourth-order valence-electron chi connectivity index (χ4n) is 2.92. The first-order valence-electron chi connectivity index (χ1n) is 8.39. The van der Waals surface area contributed by atoms with E-state index in [0.717, 1.165) is 18.5 Å². The number of amidine groups is 1. The highest BCUT2D eigenvalue weighted by Gasteiger charge is 2.50. The molecule has 1 unspecified atom stereocenters. The molecule has 1 amide bonds. The van der Waals surface area contributed by atoms with E-state index in [1.54, 1.807) is 0 Å². The van der Waals surface area contributed by atoms with Crippen molar-refractivity contribution in [1.82, 2.24) is 14.8 Å². The summed E-state index contributed by atoms with van der Waals surface area (Å²) in [4.78, 5) is 19.5. The molecule has 0 saturated carbocycles. The molecule has 3 N–H and O–H groups in total. The van der Waals surface area contributed by atoms with Gasteiger partial charge in [0.15, 0.2) is 11.8 Å². The van der Waals surface area contributed by atoms with Crippen molar-refractivity contribution in [2.75, 3.05) is 5.32 Å². The highest BCUT2D eigenvalue weighted by Crippen LogP contribution is 2.41. The molecule has 31 heavy (non-hydrogen) atoms. The molecule has 15 heteroatoms. The Labute approximate surface area is 175 Å². The third-order valence-electron chi connectivity index (χ3n) is 4.35. The Kier molecular flexibility index (Phi) is 5.78. The van der Waals surface area contributed by atoms with E-state index >= 15 is 0 Å². The molecule has 1 aliphatic heterocycles. The SMILES string of the molecule is C[C@@]1(c2cc(NC(=O)c3nn(C(F)F)cc3Cl)cnc2F)CC(C(F)(F)F)OC(N)=N1. The zero-order valence-electron chi connectivity index (χ0n) is 15.4. The summed E-state index contributed by atoms with van der Waals surface area (Å²) in [5, 5.41) is 5.19. The van der Waals surface area contributed by atoms with Crippen LogP contribution < -0.4 is 11.1 Å². The van der Waals surface area contributed by atoms with E-state index in [1.807, 2.05) is 0 Å². The molecule has 3 heterocycles. The van der Waals surface area contributed by atoms with Gasteiger partial charge in [-0.25, -0.2) is 14.7 Å². The van der Waals surface area contributed by atoms with Gasteiger partial charge in [-0.1, -0.05) is 11.6 Å². The van der Waals surface area contributed by atoms with E-state index in [2.05, 4.69) is 25.1 Å². The summed E-state index contributed by atoms with van der Waals surface area (Å²) < 4.78 is 83.8. The Balaban J connectivity index is 1.92. The second-order valence-electron chi connectivity index (χ2n) is 6.68. The molecule has 0 spiro atoms. The average molecular weight is 471 g/mol. The fraction of sp³-hybridized carbons (Fsp3) is 0.375. The van der Waals surface area contributed by atoms with Crippen LogP contribution in [0.15, 0.2) is 23.5 Å². The molecule has 0 radical (unpaired) electrons. The predicted molar refractivity (Wildman–Crippen MR) is 95.2 cm³/mol. The van der Waals surface area contributed by atoms with Gasteiger partial charge in [-0.2, -0.15) is 31.4 Å². The summed E-state index contributed by atoms with van der Waals surface area (Å²) in [5.41, 5.74) is 2.40. The lowest BCUT2D eigenvalue weighted by molar-refractivity contribution is -0.208.